The van der Waals surface area contributed by atoms with Gasteiger partial charge in [-0.25, -0.2) is 9.97 Å². The molecule has 0 aliphatic carbocycles. The highest BCUT2D eigenvalue weighted by atomic mass is 35.5. The van der Waals surface area contributed by atoms with Gasteiger partial charge in [0.25, 0.3) is 0 Å². The van der Waals surface area contributed by atoms with E-state index in [4.69, 9.17) is 11.6 Å². The lowest BCUT2D eigenvalue weighted by Gasteiger charge is -2.11. The van der Waals surface area contributed by atoms with E-state index in [9.17, 15) is 0 Å². The fraction of sp³-hybridized carbons (Fsp3) is 0.556. The summed E-state index contributed by atoms with van der Waals surface area (Å²) < 4.78 is 0. The van der Waals surface area contributed by atoms with Gasteiger partial charge in [0.1, 0.15) is 5.82 Å². The molecule has 2 rings (SSSR count). The highest BCUT2D eigenvalue weighted by Gasteiger charge is 2.14. The molecule has 1 aromatic rings. The van der Waals surface area contributed by atoms with E-state index in [2.05, 4.69) is 20.6 Å². The number of aryl methyl sites for hydroxylation is 1. The third kappa shape index (κ3) is 2.33. The van der Waals surface area contributed by atoms with E-state index in [1.807, 2.05) is 13.0 Å². The smallest absolute Gasteiger partial charge is 0.224 e. The van der Waals surface area contributed by atoms with Crippen LogP contribution >= 0.6 is 11.6 Å². The van der Waals surface area contributed by atoms with Gasteiger partial charge in [0.2, 0.25) is 5.28 Å². The van der Waals surface area contributed by atoms with E-state index < -0.39 is 0 Å². The molecular weight excluding hydrogens is 200 g/mol. The summed E-state index contributed by atoms with van der Waals surface area (Å²) in [6.07, 6.45) is 1.13. The molecule has 1 aromatic heterocycles. The number of nitrogens with one attached hydrogen (secondary N) is 2. The van der Waals surface area contributed by atoms with Gasteiger partial charge < -0.3 is 10.6 Å². The quantitative estimate of drug-likeness (QED) is 0.724. The summed E-state index contributed by atoms with van der Waals surface area (Å²) in [4.78, 5) is 8.12. The van der Waals surface area contributed by atoms with Crippen LogP contribution in [-0.2, 0) is 0 Å². The van der Waals surface area contributed by atoms with E-state index in [0.717, 1.165) is 31.0 Å². The van der Waals surface area contributed by atoms with E-state index in [0.29, 0.717) is 11.3 Å². The molecule has 76 valence electrons. The van der Waals surface area contributed by atoms with Crippen molar-refractivity contribution in [3.63, 3.8) is 0 Å². The highest BCUT2D eigenvalue weighted by Crippen LogP contribution is 2.12. The van der Waals surface area contributed by atoms with Crippen LogP contribution < -0.4 is 10.6 Å². The number of hydrogen-bond donors (Lipinski definition) is 2. The average Bonchev–Trinajstić information content (AvgIpc) is 2.54. The zero-order valence-corrected chi connectivity index (χ0v) is 8.80. The van der Waals surface area contributed by atoms with Crippen molar-refractivity contribution in [2.24, 2.45) is 0 Å². The van der Waals surface area contributed by atoms with Crippen molar-refractivity contribution in [1.82, 2.24) is 15.3 Å². The van der Waals surface area contributed by atoms with Gasteiger partial charge in [0.05, 0.1) is 0 Å². The molecule has 0 aromatic carbocycles. The SMILES string of the molecule is Cc1cc(N[C@H]2CCNC2)nc(Cl)n1. The molecule has 0 radical (unpaired) electrons. The largest absolute Gasteiger partial charge is 0.366 e. The molecule has 0 unspecified atom stereocenters. The molecule has 0 amide bonds. The second-order valence-corrected chi connectivity index (χ2v) is 3.84. The molecule has 1 atom stereocenters. The van der Waals surface area contributed by atoms with Gasteiger partial charge in [0, 0.05) is 24.3 Å². The fourth-order valence-corrected chi connectivity index (χ4v) is 1.82. The Balaban J connectivity index is 2.07. The number of halogens is 1. The lowest BCUT2D eigenvalue weighted by Crippen LogP contribution is -2.22. The summed E-state index contributed by atoms with van der Waals surface area (Å²) in [5.74, 6) is 0.816. The summed E-state index contributed by atoms with van der Waals surface area (Å²) in [5, 5.41) is 6.91. The van der Waals surface area contributed by atoms with E-state index in [1.165, 1.54) is 0 Å². The molecule has 1 saturated heterocycles. The molecule has 0 spiro atoms. The summed E-state index contributed by atoms with van der Waals surface area (Å²) in [6, 6.07) is 2.37. The molecule has 2 heterocycles. The normalized spacial score (nSPS) is 21.1. The molecule has 0 bridgehead atoms. The molecule has 0 saturated carbocycles. The third-order valence-corrected chi connectivity index (χ3v) is 2.41. The summed E-state index contributed by atoms with van der Waals surface area (Å²) >= 11 is 5.76. The van der Waals surface area contributed by atoms with Crippen LogP contribution in [-0.4, -0.2) is 29.1 Å². The molecule has 2 N–H and O–H groups in total. The van der Waals surface area contributed by atoms with Crippen LogP contribution in [0.1, 0.15) is 12.1 Å². The topological polar surface area (TPSA) is 49.8 Å². The first-order chi connectivity index (χ1) is 6.74. The maximum Gasteiger partial charge on any atom is 0.224 e. The van der Waals surface area contributed by atoms with Gasteiger partial charge >= 0.3 is 0 Å². The second kappa shape index (κ2) is 4.11. The van der Waals surface area contributed by atoms with Crippen molar-refractivity contribution in [3.05, 3.63) is 17.0 Å². The van der Waals surface area contributed by atoms with E-state index >= 15 is 0 Å². The number of anilines is 1. The number of hydrogen-bond acceptors (Lipinski definition) is 4. The van der Waals surface area contributed by atoms with Crippen LogP contribution in [0.15, 0.2) is 6.07 Å². The van der Waals surface area contributed by atoms with Crippen molar-refractivity contribution in [1.29, 1.82) is 0 Å². The van der Waals surface area contributed by atoms with Crippen LogP contribution in [0.3, 0.4) is 0 Å². The predicted molar refractivity (Wildman–Crippen MR) is 56.7 cm³/mol. The van der Waals surface area contributed by atoms with Crippen molar-refractivity contribution in [2.75, 3.05) is 18.4 Å². The van der Waals surface area contributed by atoms with Gasteiger partial charge in [-0.1, -0.05) is 0 Å². The minimum Gasteiger partial charge on any atom is -0.366 e. The van der Waals surface area contributed by atoms with Crippen molar-refractivity contribution in [2.45, 2.75) is 19.4 Å². The zero-order chi connectivity index (χ0) is 9.97. The number of aromatic nitrogens is 2. The monoisotopic (exact) mass is 212 g/mol. The Kier molecular flexibility index (Phi) is 2.84. The Morgan fingerprint density at radius 1 is 1.57 bits per heavy atom. The maximum absolute atomic E-state index is 5.76. The Bertz CT molecular complexity index is 302. The zero-order valence-electron chi connectivity index (χ0n) is 8.05. The Hall–Kier alpha value is -0.870. The average molecular weight is 213 g/mol. The molecule has 1 aliphatic heterocycles. The molecule has 1 fully saturated rings. The van der Waals surface area contributed by atoms with Crippen LogP contribution in [0, 0.1) is 6.92 Å². The minimum absolute atomic E-state index is 0.304. The minimum atomic E-state index is 0.304. The third-order valence-electron chi connectivity index (χ3n) is 2.24. The maximum atomic E-state index is 5.76. The van der Waals surface area contributed by atoms with E-state index in [-0.39, 0.29) is 0 Å². The molecule has 5 heteroatoms. The van der Waals surface area contributed by atoms with Crippen LogP contribution in [0.4, 0.5) is 5.82 Å². The van der Waals surface area contributed by atoms with Crippen LogP contribution in [0.25, 0.3) is 0 Å². The molecule has 14 heavy (non-hydrogen) atoms. The Labute approximate surface area is 88.1 Å². The van der Waals surface area contributed by atoms with Crippen LogP contribution in [0.5, 0.6) is 0 Å². The van der Waals surface area contributed by atoms with Gasteiger partial charge in [-0.05, 0) is 31.5 Å². The second-order valence-electron chi connectivity index (χ2n) is 3.50. The Morgan fingerprint density at radius 3 is 3.07 bits per heavy atom. The van der Waals surface area contributed by atoms with Crippen molar-refractivity contribution < 1.29 is 0 Å². The first kappa shape index (κ1) is 9.68. The standard InChI is InChI=1S/C9H13ClN4/c1-6-4-8(14-9(10)12-6)13-7-2-3-11-5-7/h4,7,11H,2-3,5H2,1H3,(H,12,13,14)/t7-/m0/s1. The lowest BCUT2D eigenvalue weighted by molar-refractivity contribution is 0.786. The lowest BCUT2D eigenvalue weighted by atomic mass is 10.2. The van der Waals surface area contributed by atoms with Gasteiger partial charge in [-0.3, -0.25) is 0 Å². The van der Waals surface area contributed by atoms with E-state index in [1.54, 1.807) is 0 Å². The fourth-order valence-electron chi connectivity index (χ4n) is 1.59. The number of nitrogens with zero attached hydrogens (tertiary/aromatic N) is 2. The van der Waals surface area contributed by atoms with Crippen molar-refractivity contribution >= 4 is 17.4 Å². The first-order valence-corrected chi connectivity index (χ1v) is 5.10. The van der Waals surface area contributed by atoms with Crippen molar-refractivity contribution in [3.8, 4) is 0 Å². The predicted octanol–water partition coefficient (Wildman–Crippen LogP) is 1.21. The van der Waals surface area contributed by atoms with Gasteiger partial charge in [0.15, 0.2) is 0 Å². The van der Waals surface area contributed by atoms with Crippen LogP contribution in [0.2, 0.25) is 5.28 Å². The highest BCUT2D eigenvalue weighted by molar-refractivity contribution is 6.28. The number of rotatable bonds is 2. The summed E-state index contributed by atoms with van der Waals surface area (Å²) in [5.41, 5.74) is 0.887. The Morgan fingerprint density at radius 2 is 2.43 bits per heavy atom. The summed E-state index contributed by atoms with van der Waals surface area (Å²) in [6.45, 7) is 3.96. The molecular formula is C9H13ClN4. The first-order valence-electron chi connectivity index (χ1n) is 4.72. The summed E-state index contributed by atoms with van der Waals surface area (Å²) in [7, 11) is 0. The van der Waals surface area contributed by atoms with Gasteiger partial charge in [-0.2, -0.15) is 0 Å². The van der Waals surface area contributed by atoms with Gasteiger partial charge in [-0.15, -0.1) is 0 Å². The molecule has 4 nitrogen and oxygen atoms in total. The molecule has 1 aliphatic rings.